The quantitative estimate of drug-likeness (QED) is 0.645. The van der Waals surface area contributed by atoms with E-state index in [1.807, 2.05) is 13.0 Å². The van der Waals surface area contributed by atoms with E-state index in [-0.39, 0.29) is 22.5 Å². The lowest BCUT2D eigenvalue weighted by molar-refractivity contribution is -0.131. The highest BCUT2D eigenvalue weighted by Crippen LogP contribution is 2.62. The minimum Gasteiger partial charge on any atom is -0.299 e. The normalized spacial score (nSPS) is 40.5. The first-order valence-electron chi connectivity index (χ1n) is 8.12. The summed E-state index contributed by atoms with van der Waals surface area (Å²) in [6.07, 6.45) is 6.23. The molecule has 0 aromatic rings. The van der Waals surface area contributed by atoms with Crippen molar-refractivity contribution in [1.82, 2.24) is 0 Å². The number of carbonyl (C=O) groups is 2. The number of carbonyl (C=O) groups excluding carboxylic acids is 2. The maximum atomic E-state index is 12.1. The molecule has 0 aliphatic heterocycles. The summed E-state index contributed by atoms with van der Waals surface area (Å²) in [4.78, 5) is 24.2. The van der Waals surface area contributed by atoms with Crippen molar-refractivity contribution in [2.45, 2.75) is 52.4 Å². The first-order chi connectivity index (χ1) is 10.4. The lowest BCUT2D eigenvalue weighted by atomic mass is 9.47. The summed E-state index contributed by atoms with van der Waals surface area (Å²) in [6, 6.07) is 1.93. The SMILES string of the molecule is CC1C(=O)CCC2(C)C3=CC(=O)CCC3(C#CC#N)CCC12. The number of hydrogen-bond donors (Lipinski definition) is 0. The second-order valence-corrected chi connectivity index (χ2v) is 7.29. The predicted octanol–water partition coefficient (Wildman–Crippen LogP) is 3.20. The van der Waals surface area contributed by atoms with Crippen LogP contribution in [0.25, 0.3) is 0 Å². The molecule has 3 aliphatic carbocycles. The lowest BCUT2D eigenvalue weighted by Gasteiger charge is -2.56. The van der Waals surface area contributed by atoms with Crippen LogP contribution in [0.1, 0.15) is 52.4 Å². The van der Waals surface area contributed by atoms with Crippen LogP contribution in [0, 0.1) is 45.8 Å². The number of fused-ring (bicyclic) bond motifs is 3. The molecule has 3 nitrogen and oxygen atoms in total. The minimum atomic E-state index is -0.324. The molecule has 0 radical (unpaired) electrons. The van der Waals surface area contributed by atoms with Gasteiger partial charge in [0, 0.05) is 24.7 Å². The summed E-state index contributed by atoms with van der Waals surface area (Å²) < 4.78 is 0. The van der Waals surface area contributed by atoms with E-state index in [9.17, 15) is 9.59 Å². The number of nitriles is 1. The van der Waals surface area contributed by atoms with Crippen LogP contribution in [0.4, 0.5) is 0 Å². The number of ketones is 2. The molecule has 0 amide bonds. The number of allylic oxidation sites excluding steroid dienone is 2. The van der Waals surface area contributed by atoms with Gasteiger partial charge in [-0.05, 0) is 48.7 Å². The van der Waals surface area contributed by atoms with Gasteiger partial charge in [-0.2, -0.15) is 5.26 Å². The number of nitrogens with zero attached hydrogens (tertiary/aromatic N) is 1. The molecule has 0 aromatic heterocycles. The van der Waals surface area contributed by atoms with Crippen LogP contribution >= 0.6 is 0 Å². The zero-order valence-electron chi connectivity index (χ0n) is 13.2. The van der Waals surface area contributed by atoms with E-state index in [1.54, 1.807) is 6.08 Å². The molecular formula is C19H21NO2. The molecule has 22 heavy (non-hydrogen) atoms. The molecule has 114 valence electrons. The van der Waals surface area contributed by atoms with Crippen molar-refractivity contribution in [3.8, 4) is 17.9 Å². The largest absolute Gasteiger partial charge is 0.299 e. The summed E-state index contributed by atoms with van der Waals surface area (Å²) in [7, 11) is 0. The Morgan fingerprint density at radius 1 is 1.23 bits per heavy atom. The molecule has 2 fully saturated rings. The summed E-state index contributed by atoms with van der Waals surface area (Å²) >= 11 is 0. The molecule has 0 N–H and O–H groups in total. The molecule has 0 saturated heterocycles. The second kappa shape index (κ2) is 5.10. The van der Waals surface area contributed by atoms with Gasteiger partial charge in [0.25, 0.3) is 0 Å². The van der Waals surface area contributed by atoms with Gasteiger partial charge in [0.15, 0.2) is 11.9 Å². The van der Waals surface area contributed by atoms with Crippen LogP contribution in [0.5, 0.6) is 0 Å². The van der Waals surface area contributed by atoms with E-state index in [0.717, 1.165) is 31.3 Å². The Hall–Kier alpha value is -1.87. The fourth-order valence-electron chi connectivity index (χ4n) is 5.03. The molecule has 0 heterocycles. The molecule has 4 atom stereocenters. The van der Waals surface area contributed by atoms with E-state index in [1.165, 1.54) is 0 Å². The van der Waals surface area contributed by atoms with E-state index in [0.29, 0.717) is 24.5 Å². The van der Waals surface area contributed by atoms with Crippen molar-refractivity contribution < 1.29 is 9.59 Å². The maximum Gasteiger partial charge on any atom is 0.155 e. The lowest BCUT2D eigenvalue weighted by Crippen LogP contribution is -2.51. The molecule has 0 aromatic carbocycles. The monoisotopic (exact) mass is 295 g/mol. The summed E-state index contributed by atoms with van der Waals surface area (Å²) in [5.41, 5.74) is 0.649. The van der Waals surface area contributed by atoms with Gasteiger partial charge in [-0.25, -0.2) is 0 Å². The maximum absolute atomic E-state index is 12.1. The molecule has 4 unspecified atom stereocenters. The minimum absolute atomic E-state index is 0.0543. The number of rotatable bonds is 0. The van der Waals surface area contributed by atoms with Gasteiger partial charge >= 0.3 is 0 Å². The summed E-state index contributed by atoms with van der Waals surface area (Å²) in [6.45, 7) is 4.23. The Bertz CT molecular complexity index is 672. The Labute approximate surface area is 131 Å². The van der Waals surface area contributed by atoms with Gasteiger partial charge in [0.2, 0.25) is 0 Å². The molecular weight excluding hydrogens is 274 g/mol. The van der Waals surface area contributed by atoms with Crippen LogP contribution < -0.4 is 0 Å². The van der Waals surface area contributed by atoms with Gasteiger partial charge in [-0.1, -0.05) is 19.8 Å². The summed E-state index contributed by atoms with van der Waals surface area (Å²) in [5.74, 6) is 6.63. The van der Waals surface area contributed by atoms with Crippen LogP contribution in [0.15, 0.2) is 11.6 Å². The molecule has 0 bridgehead atoms. The molecule has 0 spiro atoms. The van der Waals surface area contributed by atoms with Crippen molar-refractivity contribution in [3.63, 3.8) is 0 Å². The smallest absolute Gasteiger partial charge is 0.155 e. The van der Waals surface area contributed by atoms with Gasteiger partial charge < -0.3 is 0 Å². The Kier molecular flexibility index (Phi) is 3.48. The van der Waals surface area contributed by atoms with Crippen LogP contribution in [-0.2, 0) is 9.59 Å². The fourth-order valence-corrected chi connectivity index (χ4v) is 5.03. The highest BCUT2D eigenvalue weighted by molar-refractivity contribution is 5.92. The van der Waals surface area contributed by atoms with Gasteiger partial charge in [0.05, 0.1) is 5.41 Å². The first-order valence-corrected chi connectivity index (χ1v) is 8.12. The highest BCUT2D eigenvalue weighted by atomic mass is 16.1. The fraction of sp³-hybridized carbons (Fsp3) is 0.632. The van der Waals surface area contributed by atoms with Crippen molar-refractivity contribution in [2.24, 2.45) is 22.7 Å². The Morgan fingerprint density at radius 2 is 2.00 bits per heavy atom. The van der Waals surface area contributed by atoms with E-state index in [4.69, 9.17) is 5.26 Å². The van der Waals surface area contributed by atoms with E-state index in [2.05, 4.69) is 18.8 Å². The van der Waals surface area contributed by atoms with Gasteiger partial charge in [-0.15, -0.1) is 0 Å². The number of hydrogen-bond acceptors (Lipinski definition) is 3. The zero-order valence-corrected chi connectivity index (χ0v) is 13.2. The van der Waals surface area contributed by atoms with Crippen molar-refractivity contribution in [1.29, 1.82) is 5.26 Å². The average molecular weight is 295 g/mol. The standard InChI is InChI=1S/C19H21NO2/c1-13-15-5-10-19(7-3-11-20)9-4-14(21)12-17(19)18(15,2)8-6-16(13)22/h12-13,15H,4-6,8-10H2,1-2H3. The van der Waals surface area contributed by atoms with E-state index < -0.39 is 0 Å². The summed E-state index contributed by atoms with van der Waals surface area (Å²) in [5, 5.41) is 8.85. The molecule has 3 aliphatic rings. The van der Waals surface area contributed by atoms with Crippen LogP contribution in [-0.4, -0.2) is 11.6 Å². The van der Waals surface area contributed by atoms with Crippen molar-refractivity contribution >= 4 is 11.6 Å². The molecule has 3 rings (SSSR count). The van der Waals surface area contributed by atoms with E-state index >= 15 is 0 Å². The molecule has 3 heteroatoms. The van der Waals surface area contributed by atoms with Gasteiger partial charge in [-0.3, -0.25) is 9.59 Å². The first kappa shape index (κ1) is 15.0. The number of Topliss-reactive ketones (excluding diaryl/α,β-unsaturated/α-hetero) is 1. The van der Waals surface area contributed by atoms with Crippen LogP contribution in [0.3, 0.4) is 0 Å². The highest BCUT2D eigenvalue weighted by Gasteiger charge is 2.56. The topological polar surface area (TPSA) is 57.9 Å². The molecule has 2 saturated carbocycles. The predicted molar refractivity (Wildman–Crippen MR) is 82.4 cm³/mol. The Morgan fingerprint density at radius 3 is 2.73 bits per heavy atom. The zero-order chi connectivity index (χ0) is 16.0. The third kappa shape index (κ3) is 2.03. The third-order valence-electron chi connectivity index (χ3n) is 6.29. The Balaban J connectivity index is 2.12. The van der Waals surface area contributed by atoms with Crippen molar-refractivity contribution in [3.05, 3.63) is 11.6 Å². The average Bonchev–Trinajstić information content (AvgIpc) is 2.51. The third-order valence-corrected chi connectivity index (χ3v) is 6.29. The van der Waals surface area contributed by atoms with Crippen LogP contribution in [0.2, 0.25) is 0 Å². The second-order valence-electron chi connectivity index (χ2n) is 7.29. The van der Waals surface area contributed by atoms with Gasteiger partial charge in [0.1, 0.15) is 5.78 Å². The van der Waals surface area contributed by atoms with Crippen molar-refractivity contribution in [2.75, 3.05) is 0 Å².